The number of benzene rings is 1. The molecule has 1 amide bonds. The monoisotopic (exact) mass is 410 g/mol. The van der Waals surface area contributed by atoms with E-state index in [9.17, 15) is 9.59 Å². The predicted octanol–water partition coefficient (Wildman–Crippen LogP) is 4.27. The highest BCUT2D eigenvalue weighted by Gasteiger charge is 2.20. The fourth-order valence-electron chi connectivity index (χ4n) is 3.56. The number of carbonyl (C=O) groups is 1. The highest BCUT2D eigenvalue weighted by Crippen LogP contribution is 2.21. The second-order valence-electron chi connectivity index (χ2n) is 7.03. The van der Waals surface area contributed by atoms with Crippen molar-refractivity contribution in [3.8, 4) is 5.75 Å². The van der Waals surface area contributed by atoms with Crippen molar-refractivity contribution in [3.63, 3.8) is 0 Å². The van der Waals surface area contributed by atoms with Crippen LogP contribution < -0.4 is 15.5 Å². The smallest absolute Gasteiger partial charge is 0.257 e. The van der Waals surface area contributed by atoms with Crippen molar-refractivity contribution >= 4 is 17.2 Å². The van der Waals surface area contributed by atoms with Crippen molar-refractivity contribution in [3.05, 3.63) is 85.5 Å². The molecule has 152 valence electrons. The number of nitrogens with one attached hydrogen (secondary N) is 1. The van der Waals surface area contributed by atoms with E-state index in [4.69, 9.17) is 4.74 Å². The fourth-order valence-corrected chi connectivity index (χ4v) is 4.29. The Labute approximate surface area is 175 Å². The molecule has 0 aliphatic carbocycles. The zero-order valence-electron chi connectivity index (χ0n) is 17.2. The van der Waals surface area contributed by atoms with E-state index in [1.165, 1.54) is 0 Å². The number of carbonyl (C=O) groups excluding carboxylic acids is 1. The highest BCUT2D eigenvalue weighted by molar-refractivity contribution is 7.10. The topological polar surface area (TPSA) is 60.3 Å². The van der Waals surface area contributed by atoms with Gasteiger partial charge in [-0.1, -0.05) is 24.3 Å². The summed E-state index contributed by atoms with van der Waals surface area (Å²) in [5.41, 5.74) is 2.57. The summed E-state index contributed by atoms with van der Waals surface area (Å²) >= 11 is 1.58. The number of hydrogen-bond donors (Lipinski definition) is 1. The van der Waals surface area contributed by atoms with E-state index >= 15 is 0 Å². The van der Waals surface area contributed by atoms with Crippen LogP contribution in [0.5, 0.6) is 5.75 Å². The van der Waals surface area contributed by atoms with E-state index in [0.717, 1.165) is 28.3 Å². The number of ether oxygens (including phenoxy) is 1. The van der Waals surface area contributed by atoms with Crippen molar-refractivity contribution in [2.75, 3.05) is 7.11 Å². The largest absolute Gasteiger partial charge is 0.496 e. The summed E-state index contributed by atoms with van der Waals surface area (Å²) in [6.07, 6.45) is 0.737. The molecule has 0 saturated heterocycles. The summed E-state index contributed by atoms with van der Waals surface area (Å²) in [4.78, 5) is 26.6. The van der Waals surface area contributed by atoms with Crippen molar-refractivity contribution in [1.29, 1.82) is 0 Å². The van der Waals surface area contributed by atoms with E-state index < -0.39 is 0 Å². The van der Waals surface area contributed by atoms with E-state index in [1.54, 1.807) is 24.5 Å². The van der Waals surface area contributed by atoms with Gasteiger partial charge in [0.1, 0.15) is 11.3 Å². The van der Waals surface area contributed by atoms with E-state index in [0.29, 0.717) is 12.2 Å². The van der Waals surface area contributed by atoms with Crippen LogP contribution in [-0.4, -0.2) is 17.6 Å². The number of thiophene rings is 1. The molecule has 6 heteroatoms. The summed E-state index contributed by atoms with van der Waals surface area (Å²) in [5.74, 6) is 0.506. The Kier molecular flexibility index (Phi) is 6.54. The number of hydrogen-bond acceptors (Lipinski definition) is 4. The summed E-state index contributed by atoms with van der Waals surface area (Å²) in [7, 11) is 1.66. The molecule has 0 fully saturated rings. The third-order valence-corrected chi connectivity index (χ3v) is 6.18. The zero-order valence-corrected chi connectivity index (χ0v) is 18.0. The first kappa shape index (κ1) is 20.9. The first-order valence-corrected chi connectivity index (χ1v) is 10.5. The van der Waals surface area contributed by atoms with E-state index in [-0.39, 0.29) is 22.9 Å². The Bertz CT molecular complexity index is 1050. The van der Waals surface area contributed by atoms with Crippen LogP contribution >= 0.6 is 11.3 Å². The minimum atomic E-state index is -0.334. The van der Waals surface area contributed by atoms with Gasteiger partial charge in [-0.25, -0.2) is 0 Å². The lowest BCUT2D eigenvalue weighted by Gasteiger charge is -2.19. The number of methoxy groups -OCH3 is 1. The highest BCUT2D eigenvalue weighted by atomic mass is 32.1. The Morgan fingerprint density at radius 1 is 1.21 bits per heavy atom. The third-order valence-electron chi connectivity index (χ3n) is 5.12. The summed E-state index contributed by atoms with van der Waals surface area (Å²) < 4.78 is 7.46. The molecule has 3 rings (SSSR count). The first-order chi connectivity index (χ1) is 13.9. The first-order valence-electron chi connectivity index (χ1n) is 9.59. The van der Waals surface area contributed by atoms with Crippen LogP contribution in [0.2, 0.25) is 0 Å². The van der Waals surface area contributed by atoms with Gasteiger partial charge in [-0.15, -0.1) is 11.3 Å². The normalized spacial score (nSPS) is 11.9. The van der Waals surface area contributed by atoms with E-state index in [2.05, 4.69) is 5.32 Å². The maximum absolute atomic E-state index is 12.9. The summed E-state index contributed by atoms with van der Waals surface area (Å²) in [6, 6.07) is 13.2. The second-order valence-corrected chi connectivity index (χ2v) is 8.01. The maximum Gasteiger partial charge on any atom is 0.257 e. The van der Waals surface area contributed by atoms with Gasteiger partial charge in [0, 0.05) is 28.9 Å². The molecule has 0 radical (unpaired) electrons. The van der Waals surface area contributed by atoms with Gasteiger partial charge in [0.25, 0.3) is 5.91 Å². The van der Waals surface area contributed by atoms with Gasteiger partial charge in [0.2, 0.25) is 0 Å². The molecule has 0 spiro atoms. The van der Waals surface area contributed by atoms with Crippen LogP contribution in [0.4, 0.5) is 0 Å². The molecule has 3 aromatic rings. The third kappa shape index (κ3) is 4.59. The van der Waals surface area contributed by atoms with Crippen LogP contribution in [0.25, 0.3) is 0 Å². The minimum Gasteiger partial charge on any atom is -0.496 e. The van der Waals surface area contributed by atoms with Gasteiger partial charge in [-0.2, -0.15) is 0 Å². The Hall–Kier alpha value is -2.86. The summed E-state index contributed by atoms with van der Waals surface area (Å²) in [6.45, 7) is 6.31. The Morgan fingerprint density at radius 3 is 2.66 bits per heavy atom. The molecule has 29 heavy (non-hydrogen) atoms. The van der Waals surface area contributed by atoms with Crippen LogP contribution in [0.3, 0.4) is 0 Å². The van der Waals surface area contributed by atoms with Crippen molar-refractivity contribution in [2.24, 2.45) is 0 Å². The standard InChI is InChI=1S/C23H26N2O3S/c1-15-14-19(26)22(23(27)24-16(2)21-10-7-13-29-21)17(3)25(15)12-11-18-8-5-6-9-20(18)28-4/h5-10,13-14,16H,11-12H2,1-4H3,(H,24,27)/t16-/m1/s1. The Morgan fingerprint density at radius 2 is 1.97 bits per heavy atom. The van der Waals surface area contributed by atoms with Crippen LogP contribution in [-0.2, 0) is 13.0 Å². The SMILES string of the molecule is COc1ccccc1CCn1c(C)cc(=O)c(C(=O)N[C@H](C)c2cccs2)c1C. The lowest BCUT2D eigenvalue weighted by molar-refractivity contribution is 0.0937. The molecule has 1 atom stereocenters. The minimum absolute atomic E-state index is 0.148. The molecule has 0 aliphatic rings. The molecular weight excluding hydrogens is 384 g/mol. The molecular formula is C23H26N2O3S. The molecule has 1 aromatic carbocycles. The van der Waals surface area contributed by atoms with Gasteiger partial charge < -0.3 is 14.6 Å². The maximum atomic E-state index is 12.9. The average Bonchev–Trinajstić information content (AvgIpc) is 3.22. The molecule has 0 aliphatic heterocycles. The average molecular weight is 411 g/mol. The fraction of sp³-hybridized carbons (Fsp3) is 0.304. The zero-order chi connectivity index (χ0) is 21.0. The van der Waals surface area contributed by atoms with E-state index in [1.807, 2.05) is 67.1 Å². The summed E-state index contributed by atoms with van der Waals surface area (Å²) in [5, 5.41) is 4.93. The predicted molar refractivity (Wildman–Crippen MR) is 117 cm³/mol. The molecule has 2 heterocycles. The van der Waals surface area contributed by atoms with Gasteiger partial charge in [0.05, 0.1) is 13.2 Å². The molecule has 0 bridgehead atoms. The number of aryl methyl sites for hydroxylation is 2. The molecule has 2 aromatic heterocycles. The molecule has 0 unspecified atom stereocenters. The van der Waals surface area contributed by atoms with Gasteiger partial charge >= 0.3 is 0 Å². The number of pyridine rings is 1. The van der Waals surface area contributed by atoms with Crippen molar-refractivity contribution in [1.82, 2.24) is 9.88 Å². The quantitative estimate of drug-likeness (QED) is 0.633. The Balaban J connectivity index is 1.86. The number of aromatic nitrogens is 1. The second kappa shape index (κ2) is 9.09. The van der Waals surface area contributed by atoms with Crippen molar-refractivity contribution in [2.45, 2.75) is 39.8 Å². The van der Waals surface area contributed by atoms with Crippen LogP contribution in [0.1, 0.15) is 45.2 Å². The number of amides is 1. The molecule has 5 nitrogen and oxygen atoms in total. The molecule has 1 N–H and O–H groups in total. The number of para-hydroxylation sites is 1. The van der Waals surface area contributed by atoms with Crippen LogP contribution in [0, 0.1) is 13.8 Å². The lowest BCUT2D eigenvalue weighted by Crippen LogP contribution is -2.33. The lowest BCUT2D eigenvalue weighted by atomic mass is 10.1. The van der Waals surface area contributed by atoms with Crippen molar-refractivity contribution < 1.29 is 9.53 Å². The van der Waals surface area contributed by atoms with Gasteiger partial charge in [0.15, 0.2) is 5.43 Å². The van der Waals surface area contributed by atoms with Crippen LogP contribution in [0.15, 0.2) is 52.6 Å². The molecule has 0 saturated carbocycles. The van der Waals surface area contributed by atoms with Gasteiger partial charge in [-0.05, 0) is 50.3 Å². The number of nitrogens with zero attached hydrogens (tertiary/aromatic N) is 1. The number of rotatable bonds is 7. The van der Waals surface area contributed by atoms with Gasteiger partial charge in [-0.3, -0.25) is 9.59 Å².